The van der Waals surface area contributed by atoms with Gasteiger partial charge in [0, 0.05) is 31.3 Å². The molecule has 0 aromatic carbocycles. The van der Waals surface area contributed by atoms with Crippen molar-refractivity contribution in [3.8, 4) is 0 Å². The molecule has 1 saturated heterocycles. The molecule has 6 rings (SSSR count). The highest BCUT2D eigenvalue weighted by Gasteiger charge is 2.57. The Hall–Kier alpha value is -2.88. The first kappa shape index (κ1) is 17.2. The topological polar surface area (TPSA) is 123 Å². The summed E-state index contributed by atoms with van der Waals surface area (Å²) in [5, 5.41) is 16.7. The van der Waals surface area contributed by atoms with E-state index in [0.717, 1.165) is 30.9 Å². The first-order valence-corrected chi connectivity index (χ1v) is 9.45. The van der Waals surface area contributed by atoms with E-state index in [2.05, 4.69) is 25.9 Å². The van der Waals surface area contributed by atoms with E-state index in [1.54, 1.807) is 25.4 Å². The maximum absolute atomic E-state index is 12.2. The fourth-order valence-electron chi connectivity index (χ4n) is 4.27. The number of amides is 2. The van der Waals surface area contributed by atoms with E-state index in [9.17, 15) is 9.59 Å². The maximum Gasteiger partial charge on any atom is 0.407 e. The number of hydrogen-bond acceptors (Lipinski definition) is 6. The van der Waals surface area contributed by atoms with Gasteiger partial charge in [0.2, 0.25) is 0 Å². The highest BCUT2D eigenvalue weighted by atomic mass is 16.6. The minimum Gasteiger partial charge on any atom is -0.444 e. The number of hydrogen-bond donors (Lipinski definition) is 3. The van der Waals surface area contributed by atoms with Crippen LogP contribution in [-0.2, 0) is 16.5 Å². The summed E-state index contributed by atoms with van der Waals surface area (Å²) in [4.78, 5) is 24.3. The van der Waals surface area contributed by atoms with Crippen LogP contribution >= 0.6 is 0 Å². The summed E-state index contributed by atoms with van der Waals surface area (Å²) in [6, 6.07) is 3.35. The average molecular weight is 386 g/mol. The van der Waals surface area contributed by atoms with Gasteiger partial charge in [0.15, 0.2) is 5.82 Å². The number of aryl methyl sites for hydroxylation is 1. The van der Waals surface area contributed by atoms with Crippen molar-refractivity contribution in [2.75, 3.05) is 11.9 Å². The molecule has 4 fully saturated rings. The standard InChI is InChI=1S/C18H22N6O4/c1-24-13(2-3-19-24)16(25)20-15-5-12(22-23-15)14-4-11(9-27-14)28-17(26)21-18-6-10(7-18)8-18/h2-3,5,10-11,14H,4,6-9H2,1H3,(H,21,26)(H2,20,22,23,25)/t10?,11-,14?,18?/m1/s1. The van der Waals surface area contributed by atoms with Gasteiger partial charge in [0.25, 0.3) is 5.91 Å². The van der Waals surface area contributed by atoms with E-state index in [4.69, 9.17) is 9.47 Å². The smallest absolute Gasteiger partial charge is 0.407 e. The molecule has 0 spiro atoms. The van der Waals surface area contributed by atoms with Crippen LogP contribution < -0.4 is 10.6 Å². The Bertz CT molecular complexity index is 904. The molecule has 1 unspecified atom stereocenters. The molecular weight excluding hydrogens is 364 g/mol. The minimum atomic E-state index is -0.360. The van der Waals surface area contributed by atoms with Crippen molar-refractivity contribution in [2.45, 2.75) is 43.4 Å². The summed E-state index contributed by atoms with van der Waals surface area (Å²) >= 11 is 0. The second-order valence-corrected chi connectivity index (χ2v) is 7.97. The SMILES string of the molecule is Cn1nccc1C(=O)Nc1cc(C2C[C@@H](OC(=O)NC34CC(C3)C4)CO2)[nH]n1. The lowest BCUT2D eigenvalue weighted by molar-refractivity contribution is -0.0510. The van der Waals surface area contributed by atoms with Crippen LogP contribution in [0.5, 0.6) is 0 Å². The van der Waals surface area contributed by atoms with E-state index in [1.807, 2.05) is 0 Å². The van der Waals surface area contributed by atoms with E-state index in [-0.39, 0.29) is 29.7 Å². The van der Waals surface area contributed by atoms with Crippen molar-refractivity contribution in [1.29, 1.82) is 0 Å². The Morgan fingerprint density at radius 1 is 1.39 bits per heavy atom. The lowest BCUT2D eigenvalue weighted by Gasteiger charge is -2.61. The highest BCUT2D eigenvalue weighted by molar-refractivity contribution is 6.02. The van der Waals surface area contributed by atoms with Gasteiger partial charge < -0.3 is 20.1 Å². The molecule has 3 heterocycles. The monoisotopic (exact) mass is 386 g/mol. The lowest BCUT2D eigenvalue weighted by atomic mass is 9.50. The summed E-state index contributed by atoms with van der Waals surface area (Å²) in [5.41, 5.74) is 1.17. The second-order valence-electron chi connectivity index (χ2n) is 7.97. The third-order valence-corrected chi connectivity index (χ3v) is 5.88. The number of rotatable bonds is 5. The lowest BCUT2D eigenvalue weighted by Crippen LogP contribution is -2.68. The van der Waals surface area contributed by atoms with Crippen molar-refractivity contribution in [2.24, 2.45) is 13.0 Å². The molecule has 148 valence electrons. The number of nitrogens with zero attached hydrogens (tertiary/aromatic N) is 3. The van der Waals surface area contributed by atoms with Gasteiger partial charge in [-0.05, 0) is 31.2 Å². The van der Waals surface area contributed by atoms with Gasteiger partial charge in [0.1, 0.15) is 17.9 Å². The van der Waals surface area contributed by atoms with Crippen LogP contribution in [0, 0.1) is 5.92 Å². The van der Waals surface area contributed by atoms with Gasteiger partial charge in [-0.2, -0.15) is 10.2 Å². The molecule has 2 aromatic heterocycles. The van der Waals surface area contributed by atoms with E-state index >= 15 is 0 Å². The summed E-state index contributed by atoms with van der Waals surface area (Å²) in [5.74, 6) is 0.903. The van der Waals surface area contributed by atoms with Crippen molar-refractivity contribution in [1.82, 2.24) is 25.3 Å². The normalized spacial score (nSPS) is 30.2. The van der Waals surface area contributed by atoms with Gasteiger partial charge in [-0.15, -0.1) is 0 Å². The number of aromatic nitrogens is 4. The first-order valence-electron chi connectivity index (χ1n) is 9.45. The molecule has 0 radical (unpaired) electrons. The molecule has 2 aromatic rings. The molecule has 1 aliphatic heterocycles. The predicted molar refractivity (Wildman–Crippen MR) is 96.5 cm³/mol. The summed E-state index contributed by atoms with van der Waals surface area (Å²) in [6.45, 7) is 0.337. The quantitative estimate of drug-likeness (QED) is 0.716. The Balaban J connectivity index is 1.14. The van der Waals surface area contributed by atoms with Crippen LogP contribution in [0.3, 0.4) is 0 Å². The fraction of sp³-hybridized carbons (Fsp3) is 0.556. The number of ether oxygens (including phenoxy) is 2. The zero-order valence-electron chi connectivity index (χ0n) is 15.5. The highest BCUT2D eigenvalue weighted by Crippen LogP contribution is 2.56. The van der Waals surface area contributed by atoms with Crippen LogP contribution in [0.2, 0.25) is 0 Å². The van der Waals surface area contributed by atoms with Gasteiger partial charge in [-0.1, -0.05) is 0 Å². The van der Waals surface area contributed by atoms with Gasteiger partial charge in [-0.25, -0.2) is 4.79 Å². The van der Waals surface area contributed by atoms with Gasteiger partial charge in [-0.3, -0.25) is 14.6 Å². The molecule has 28 heavy (non-hydrogen) atoms. The van der Waals surface area contributed by atoms with Crippen LogP contribution in [-0.4, -0.2) is 50.2 Å². The fourth-order valence-corrected chi connectivity index (χ4v) is 4.27. The second kappa shape index (κ2) is 6.33. The van der Waals surface area contributed by atoms with Crippen molar-refractivity contribution < 1.29 is 19.1 Å². The summed E-state index contributed by atoms with van der Waals surface area (Å²) < 4.78 is 12.7. The molecule has 3 N–H and O–H groups in total. The minimum absolute atomic E-state index is 0.00492. The summed E-state index contributed by atoms with van der Waals surface area (Å²) in [7, 11) is 1.70. The molecule has 4 aliphatic rings. The number of carbonyl (C=O) groups excluding carboxylic acids is 2. The number of anilines is 1. The molecule has 2 amide bonds. The van der Waals surface area contributed by atoms with Crippen molar-refractivity contribution in [3.05, 3.63) is 29.7 Å². The Morgan fingerprint density at radius 3 is 2.89 bits per heavy atom. The third kappa shape index (κ3) is 3.03. The van der Waals surface area contributed by atoms with Crippen molar-refractivity contribution >= 4 is 17.8 Å². The number of alkyl carbamates (subject to hydrolysis) is 1. The van der Waals surface area contributed by atoms with Crippen LogP contribution in [0.1, 0.15) is 48.0 Å². The third-order valence-electron chi connectivity index (χ3n) is 5.88. The molecule has 2 bridgehead atoms. The largest absolute Gasteiger partial charge is 0.444 e. The number of H-pyrrole nitrogens is 1. The van der Waals surface area contributed by atoms with Crippen LogP contribution in [0.4, 0.5) is 10.6 Å². The molecule has 10 heteroatoms. The van der Waals surface area contributed by atoms with Gasteiger partial charge in [0.05, 0.1) is 12.3 Å². The van der Waals surface area contributed by atoms with Gasteiger partial charge >= 0.3 is 6.09 Å². The number of carbonyl (C=O) groups is 2. The average Bonchev–Trinajstić information content (AvgIpc) is 3.30. The predicted octanol–water partition coefficient (Wildman–Crippen LogP) is 1.50. The van der Waals surface area contributed by atoms with Crippen LogP contribution in [0.15, 0.2) is 18.3 Å². The Morgan fingerprint density at radius 2 is 2.21 bits per heavy atom. The summed E-state index contributed by atoms with van der Waals surface area (Å²) in [6.07, 6.45) is 4.41. The van der Waals surface area contributed by atoms with Crippen LogP contribution in [0.25, 0.3) is 0 Å². The molecular formula is C18H22N6O4. The Kier molecular flexibility index (Phi) is 3.90. The zero-order chi connectivity index (χ0) is 19.3. The molecule has 2 atom stereocenters. The van der Waals surface area contributed by atoms with E-state index < -0.39 is 0 Å². The van der Waals surface area contributed by atoms with Crippen molar-refractivity contribution in [3.63, 3.8) is 0 Å². The molecule has 10 nitrogen and oxygen atoms in total. The molecule has 3 aliphatic carbocycles. The number of nitrogens with one attached hydrogen (secondary N) is 3. The molecule has 3 saturated carbocycles. The first-order chi connectivity index (χ1) is 13.5. The zero-order valence-corrected chi connectivity index (χ0v) is 15.5. The maximum atomic E-state index is 12.2. The van der Waals surface area contributed by atoms with E-state index in [1.165, 1.54) is 4.68 Å². The Labute approximate surface area is 161 Å². The van der Waals surface area contributed by atoms with E-state index in [0.29, 0.717) is 24.5 Å². The number of aromatic amines is 1.